The van der Waals surface area contributed by atoms with E-state index in [2.05, 4.69) is 6.92 Å². The highest BCUT2D eigenvalue weighted by atomic mass is 127. The number of alkyl halides is 2. The molecule has 2 unspecified atom stereocenters. The molecule has 1 rings (SSSR count). The molecule has 0 radical (unpaired) electrons. The van der Waals surface area contributed by atoms with E-state index < -0.39 is 3.68 Å². The van der Waals surface area contributed by atoms with Gasteiger partial charge in [-0.05, 0) is 53.7 Å². The van der Waals surface area contributed by atoms with Gasteiger partial charge in [-0.3, -0.25) is 0 Å². The van der Waals surface area contributed by atoms with Crippen LogP contribution < -0.4 is 0 Å². The number of hydrogen-bond donors (Lipinski definition) is 0. The lowest BCUT2D eigenvalue weighted by molar-refractivity contribution is 0.131. The molecular formula is C8H14FI. The van der Waals surface area contributed by atoms with E-state index in [1.54, 1.807) is 0 Å². The predicted molar refractivity (Wildman–Crippen MR) is 50.0 cm³/mol. The highest BCUT2D eigenvalue weighted by molar-refractivity contribution is 14.1. The van der Waals surface area contributed by atoms with Gasteiger partial charge >= 0.3 is 0 Å². The first kappa shape index (κ1) is 8.75. The Morgan fingerprint density at radius 2 is 2.10 bits per heavy atom. The molecular weight excluding hydrogens is 242 g/mol. The zero-order chi connectivity index (χ0) is 7.78. The maximum Gasteiger partial charge on any atom is 0.163 e. The van der Waals surface area contributed by atoms with Gasteiger partial charge in [0, 0.05) is 0 Å². The molecule has 0 aliphatic heterocycles. The van der Waals surface area contributed by atoms with E-state index in [1.165, 1.54) is 0 Å². The van der Waals surface area contributed by atoms with Gasteiger partial charge in [0.15, 0.2) is 3.68 Å². The Morgan fingerprint density at radius 1 is 1.50 bits per heavy atom. The fraction of sp³-hybridized carbons (Fsp3) is 1.00. The van der Waals surface area contributed by atoms with Crippen molar-refractivity contribution in [2.75, 3.05) is 0 Å². The first-order valence-corrected chi connectivity index (χ1v) is 4.98. The molecule has 3 atom stereocenters. The lowest BCUT2D eigenvalue weighted by atomic mass is 9.82. The number of rotatable bonds is 0. The summed E-state index contributed by atoms with van der Waals surface area (Å²) in [5, 5.41) is 0. The highest BCUT2D eigenvalue weighted by Gasteiger charge is 2.37. The van der Waals surface area contributed by atoms with Crippen molar-refractivity contribution < 1.29 is 4.39 Å². The first-order chi connectivity index (χ1) is 4.52. The van der Waals surface area contributed by atoms with Crippen molar-refractivity contribution in [3.8, 4) is 0 Å². The van der Waals surface area contributed by atoms with Crippen LogP contribution >= 0.6 is 22.6 Å². The molecule has 0 N–H and O–H groups in total. The summed E-state index contributed by atoms with van der Waals surface area (Å²) in [5.74, 6) is 0.977. The summed E-state index contributed by atoms with van der Waals surface area (Å²) >= 11 is 1.96. The average Bonchev–Trinajstić information content (AvgIpc) is 1.81. The molecule has 0 bridgehead atoms. The summed E-state index contributed by atoms with van der Waals surface area (Å²) in [5.41, 5.74) is 0. The predicted octanol–water partition coefficient (Wildman–Crippen LogP) is 3.54. The van der Waals surface area contributed by atoms with Crippen LogP contribution in [0.3, 0.4) is 0 Å². The van der Waals surface area contributed by atoms with Crippen LogP contribution in [0.5, 0.6) is 0 Å². The molecule has 10 heavy (non-hydrogen) atoms. The van der Waals surface area contributed by atoms with Gasteiger partial charge in [-0.15, -0.1) is 0 Å². The van der Waals surface area contributed by atoms with Crippen LogP contribution in [0.2, 0.25) is 0 Å². The first-order valence-electron chi connectivity index (χ1n) is 3.90. The van der Waals surface area contributed by atoms with Crippen LogP contribution in [0, 0.1) is 11.8 Å². The van der Waals surface area contributed by atoms with Crippen molar-refractivity contribution in [3.63, 3.8) is 0 Å². The van der Waals surface area contributed by atoms with E-state index in [0.717, 1.165) is 25.2 Å². The van der Waals surface area contributed by atoms with E-state index in [-0.39, 0.29) is 5.92 Å². The van der Waals surface area contributed by atoms with Gasteiger partial charge in [-0.2, -0.15) is 0 Å². The SMILES string of the molecule is CC1CC[C@@](F)(I)C(C)C1. The third-order valence-electron chi connectivity index (χ3n) is 2.45. The molecule has 1 saturated carbocycles. The molecule has 0 saturated heterocycles. The fourth-order valence-electron chi connectivity index (χ4n) is 1.58. The summed E-state index contributed by atoms with van der Waals surface area (Å²) in [6.07, 6.45) is 2.86. The van der Waals surface area contributed by atoms with Crippen LogP contribution in [-0.2, 0) is 0 Å². The zero-order valence-electron chi connectivity index (χ0n) is 6.53. The van der Waals surface area contributed by atoms with Crippen molar-refractivity contribution >= 4 is 22.6 Å². The Balaban J connectivity index is 2.52. The molecule has 1 aliphatic rings. The fourth-order valence-corrected chi connectivity index (χ4v) is 2.14. The summed E-state index contributed by atoms with van der Waals surface area (Å²) in [7, 11) is 0. The highest BCUT2D eigenvalue weighted by Crippen LogP contribution is 2.43. The molecule has 0 aromatic rings. The van der Waals surface area contributed by atoms with Gasteiger partial charge in [0.05, 0.1) is 0 Å². The minimum Gasteiger partial charge on any atom is -0.232 e. The summed E-state index contributed by atoms with van der Waals surface area (Å²) in [6.45, 7) is 4.23. The second kappa shape index (κ2) is 2.95. The zero-order valence-corrected chi connectivity index (χ0v) is 8.69. The van der Waals surface area contributed by atoms with Crippen molar-refractivity contribution in [2.45, 2.75) is 36.8 Å². The maximum atomic E-state index is 13.4. The largest absolute Gasteiger partial charge is 0.232 e. The molecule has 2 heteroatoms. The van der Waals surface area contributed by atoms with Crippen molar-refractivity contribution in [1.82, 2.24) is 0 Å². The quantitative estimate of drug-likeness (QED) is 0.459. The Hall–Kier alpha value is 0.660. The summed E-state index contributed by atoms with van der Waals surface area (Å²) in [6, 6.07) is 0. The molecule has 60 valence electrons. The number of hydrogen-bond acceptors (Lipinski definition) is 0. The second-order valence-electron chi connectivity index (χ2n) is 3.54. The Kier molecular flexibility index (Phi) is 2.59. The average molecular weight is 256 g/mol. The maximum absolute atomic E-state index is 13.4. The monoisotopic (exact) mass is 256 g/mol. The van der Waals surface area contributed by atoms with Gasteiger partial charge in [0.25, 0.3) is 0 Å². The van der Waals surface area contributed by atoms with E-state index in [0.29, 0.717) is 0 Å². The lowest BCUT2D eigenvalue weighted by Crippen LogP contribution is -2.30. The summed E-state index contributed by atoms with van der Waals surface area (Å²) < 4.78 is 12.5. The standard InChI is InChI=1S/C8H14FI/c1-6-3-4-8(9,10)7(2)5-6/h6-7H,3-5H2,1-2H3/t6?,7?,8-/m1/s1. The Bertz CT molecular complexity index is 122. The van der Waals surface area contributed by atoms with Gasteiger partial charge in [0.1, 0.15) is 0 Å². The third kappa shape index (κ3) is 1.83. The lowest BCUT2D eigenvalue weighted by Gasteiger charge is -2.33. The smallest absolute Gasteiger partial charge is 0.163 e. The van der Waals surface area contributed by atoms with Crippen LogP contribution in [0.1, 0.15) is 33.1 Å². The topological polar surface area (TPSA) is 0 Å². The van der Waals surface area contributed by atoms with E-state index in [1.807, 2.05) is 29.5 Å². The Morgan fingerprint density at radius 3 is 2.50 bits per heavy atom. The van der Waals surface area contributed by atoms with Gasteiger partial charge in [-0.1, -0.05) is 13.8 Å². The molecule has 0 nitrogen and oxygen atoms in total. The summed E-state index contributed by atoms with van der Waals surface area (Å²) in [4.78, 5) is 0. The van der Waals surface area contributed by atoms with Gasteiger partial charge in [-0.25, -0.2) is 4.39 Å². The van der Waals surface area contributed by atoms with Crippen LogP contribution in [-0.4, -0.2) is 3.68 Å². The number of halogens is 2. The van der Waals surface area contributed by atoms with Crippen LogP contribution in [0.4, 0.5) is 4.39 Å². The van der Waals surface area contributed by atoms with Crippen LogP contribution in [0.25, 0.3) is 0 Å². The molecule has 0 spiro atoms. The Labute approximate surface area is 75.7 Å². The van der Waals surface area contributed by atoms with E-state index >= 15 is 0 Å². The van der Waals surface area contributed by atoms with Gasteiger partial charge < -0.3 is 0 Å². The van der Waals surface area contributed by atoms with Crippen molar-refractivity contribution in [2.24, 2.45) is 11.8 Å². The molecule has 0 aromatic heterocycles. The van der Waals surface area contributed by atoms with Crippen molar-refractivity contribution in [1.29, 1.82) is 0 Å². The second-order valence-corrected chi connectivity index (χ2v) is 5.33. The molecule has 0 heterocycles. The molecule has 0 aromatic carbocycles. The minimum absolute atomic E-state index is 0.247. The third-order valence-corrected chi connectivity index (χ3v) is 4.05. The minimum atomic E-state index is -0.912. The molecule has 1 fully saturated rings. The van der Waals surface area contributed by atoms with E-state index in [9.17, 15) is 4.39 Å². The molecule has 1 aliphatic carbocycles. The van der Waals surface area contributed by atoms with Crippen LogP contribution in [0.15, 0.2) is 0 Å². The van der Waals surface area contributed by atoms with E-state index in [4.69, 9.17) is 0 Å². The van der Waals surface area contributed by atoms with Gasteiger partial charge in [0.2, 0.25) is 0 Å². The normalized spacial score (nSPS) is 49.2. The molecule has 0 amide bonds. The van der Waals surface area contributed by atoms with Crippen molar-refractivity contribution in [3.05, 3.63) is 0 Å².